The second-order valence-corrected chi connectivity index (χ2v) is 4.71. The van der Waals surface area contributed by atoms with Gasteiger partial charge in [-0.1, -0.05) is 0 Å². The summed E-state index contributed by atoms with van der Waals surface area (Å²) in [5.74, 6) is 0.159. The van der Waals surface area contributed by atoms with Crippen LogP contribution in [0.3, 0.4) is 0 Å². The average Bonchev–Trinajstić information content (AvgIpc) is 2.33. The van der Waals surface area contributed by atoms with Gasteiger partial charge in [0.15, 0.2) is 11.6 Å². The van der Waals surface area contributed by atoms with Crippen LogP contribution in [-0.2, 0) is 0 Å². The quantitative estimate of drug-likeness (QED) is 0.780. The van der Waals surface area contributed by atoms with E-state index in [0.29, 0.717) is 17.6 Å². The molecule has 1 saturated heterocycles. The van der Waals surface area contributed by atoms with Crippen molar-refractivity contribution in [3.8, 4) is 0 Å². The summed E-state index contributed by atoms with van der Waals surface area (Å²) < 4.78 is 13.9. The van der Waals surface area contributed by atoms with Crippen LogP contribution < -0.4 is 4.90 Å². The van der Waals surface area contributed by atoms with E-state index in [1.54, 1.807) is 6.92 Å². The van der Waals surface area contributed by atoms with Gasteiger partial charge >= 0.3 is 0 Å². The summed E-state index contributed by atoms with van der Waals surface area (Å²) in [5.41, 5.74) is 0.418. The summed E-state index contributed by atoms with van der Waals surface area (Å²) in [7, 11) is 0. The average molecular weight is 238 g/mol. The van der Waals surface area contributed by atoms with E-state index in [0.717, 1.165) is 26.2 Å². The summed E-state index contributed by atoms with van der Waals surface area (Å²) in [4.78, 5) is 12.3. The third kappa shape index (κ3) is 2.54. The molecule has 0 radical (unpaired) electrons. The zero-order valence-corrected chi connectivity index (χ0v) is 10.6. The zero-order chi connectivity index (χ0) is 12.4. The fourth-order valence-electron chi connectivity index (χ4n) is 2.12. The number of hydrogen-bond donors (Lipinski definition) is 0. The number of halogens is 1. The van der Waals surface area contributed by atoms with Gasteiger partial charge in [0.2, 0.25) is 0 Å². The van der Waals surface area contributed by atoms with Crippen molar-refractivity contribution in [3.05, 3.63) is 17.8 Å². The maximum absolute atomic E-state index is 13.9. The number of aryl methyl sites for hydroxylation is 1. The molecule has 94 valence electrons. The van der Waals surface area contributed by atoms with E-state index in [2.05, 4.69) is 28.7 Å². The van der Waals surface area contributed by atoms with Crippen molar-refractivity contribution in [1.82, 2.24) is 14.9 Å². The van der Waals surface area contributed by atoms with Gasteiger partial charge in [0.1, 0.15) is 6.33 Å². The molecular weight excluding hydrogens is 219 g/mol. The fourth-order valence-corrected chi connectivity index (χ4v) is 2.12. The Labute approximate surface area is 101 Å². The predicted molar refractivity (Wildman–Crippen MR) is 65.6 cm³/mol. The van der Waals surface area contributed by atoms with E-state index in [4.69, 9.17) is 0 Å². The van der Waals surface area contributed by atoms with Gasteiger partial charge in [0, 0.05) is 32.2 Å². The predicted octanol–water partition coefficient (Wildman–Crippen LogP) is 1.45. The molecule has 0 N–H and O–H groups in total. The van der Waals surface area contributed by atoms with Gasteiger partial charge in [0.25, 0.3) is 0 Å². The molecule has 0 unspecified atom stereocenters. The fraction of sp³-hybridized carbons (Fsp3) is 0.667. The summed E-state index contributed by atoms with van der Waals surface area (Å²) in [6, 6.07) is 0.550. The first-order valence-corrected chi connectivity index (χ1v) is 6.05. The SMILES string of the molecule is Cc1ncnc(N2CCN(C(C)C)CC2)c1F. The molecule has 17 heavy (non-hydrogen) atoms. The maximum Gasteiger partial charge on any atom is 0.186 e. The number of rotatable bonds is 2. The number of anilines is 1. The summed E-state index contributed by atoms with van der Waals surface area (Å²) >= 11 is 0. The molecule has 0 spiro atoms. The zero-order valence-electron chi connectivity index (χ0n) is 10.6. The van der Waals surface area contributed by atoms with Crippen LogP contribution in [0.4, 0.5) is 10.2 Å². The number of hydrogen-bond acceptors (Lipinski definition) is 4. The first-order chi connectivity index (χ1) is 8.09. The Bertz CT molecular complexity index is 386. The molecule has 1 fully saturated rings. The van der Waals surface area contributed by atoms with Crippen molar-refractivity contribution >= 4 is 5.82 Å². The van der Waals surface area contributed by atoms with Crippen LogP contribution in [0.5, 0.6) is 0 Å². The van der Waals surface area contributed by atoms with Crippen molar-refractivity contribution in [2.75, 3.05) is 31.1 Å². The Kier molecular flexibility index (Phi) is 3.57. The van der Waals surface area contributed by atoms with E-state index in [1.807, 2.05) is 4.90 Å². The first-order valence-electron chi connectivity index (χ1n) is 6.05. The van der Waals surface area contributed by atoms with Crippen LogP contribution in [0.1, 0.15) is 19.5 Å². The van der Waals surface area contributed by atoms with Crippen molar-refractivity contribution in [3.63, 3.8) is 0 Å². The highest BCUT2D eigenvalue weighted by atomic mass is 19.1. The molecule has 0 saturated carbocycles. The summed E-state index contributed by atoms with van der Waals surface area (Å²) in [5, 5.41) is 0. The molecule has 1 aliphatic heterocycles. The molecule has 5 heteroatoms. The van der Waals surface area contributed by atoms with Crippen LogP contribution in [0.25, 0.3) is 0 Å². The number of piperazine rings is 1. The molecule has 0 aromatic carbocycles. The molecule has 1 aliphatic rings. The van der Waals surface area contributed by atoms with Gasteiger partial charge < -0.3 is 4.90 Å². The minimum atomic E-state index is -0.287. The highest BCUT2D eigenvalue weighted by Gasteiger charge is 2.22. The smallest absolute Gasteiger partial charge is 0.186 e. The van der Waals surface area contributed by atoms with Crippen molar-refractivity contribution in [2.45, 2.75) is 26.8 Å². The molecule has 0 amide bonds. The van der Waals surface area contributed by atoms with Crippen LogP contribution in [-0.4, -0.2) is 47.1 Å². The standard InChI is InChI=1S/C12H19FN4/c1-9(2)16-4-6-17(7-5-16)12-11(13)10(3)14-8-15-12/h8-9H,4-7H2,1-3H3. The monoisotopic (exact) mass is 238 g/mol. The van der Waals surface area contributed by atoms with Gasteiger partial charge in [-0.15, -0.1) is 0 Å². The second kappa shape index (κ2) is 4.96. The molecule has 1 aromatic rings. The van der Waals surface area contributed by atoms with E-state index in [9.17, 15) is 4.39 Å². The molecule has 2 heterocycles. The van der Waals surface area contributed by atoms with Gasteiger partial charge in [-0.3, -0.25) is 4.90 Å². The molecule has 4 nitrogen and oxygen atoms in total. The van der Waals surface area contributed by atoms with Crippen LogP contribution in [0.15, 0.2) is 6.33 Å². The summed E-state index contributed by atoms with van der Waals surface area (Å²) in [6.45, 7) is 9.61. The molecular formula is C12H19FN4. The lowest BCUT2D eigenvalue weighted by atomic mass is 10.2. The molecule has 0 bridgehead atoms. The summed E-state index contributed by atoms with van der Waals surface area (Å²) in [6.07, 6.45) is 1.43. The van der Waals surface area contributed by atoms with E-state index < -0.39 is 0 Å². The molecule has 2 rings (SSSR count). The minimum Gasteiger partial charge on any atom is -0.352 e. The lowest BCUT2D eigenvalue weighted by Crippen LogP contribution is -2.49. The van der Waals surface area contributed by atoms with Gasteiger partial charge in [-0.05, 0) is 20.8 Å². The third-order valence-electron chi connectivity index (χ3n) is 3.29. The largest absolute Gasteiger partial charge is 0.352 e. The topological polar surface area (TPSA) is 32.3 Å². The van der Waals surface area contributed by atoms with Gasteiger partial charge in [-0.2, -0.15) is 0 Å². The molecule has 0 aliphatic carbocycles. The Morgan fingerprint density at radius 2 is 1.82 bits per heavy atom. The Morgan fingerprint density at radius 3 is 2.41 bits per heavy atom. The van der Waals surface area contributed by atoms with Crippen molar-refractivity contribution < 1.29 is 4.39 Å². The maximum atomic E-state index is 13.9. The molecule has 1 aromatic heterocycles. The van der Waals surface area contributed by atoms with Gasteiger partial charge in [-0.25, -0.2) is 14.4 Å². The Hall–Kier alpha value is -1.23. The van der Waals surface area contributed by atoms with E-state index >= 15 is 0 Å². The second-order valence-electron chi connectivity index (χ2n) is 4.71. The molecule has 0 atom stereocenters. The van der Waals surface area contributed by atoms with Crippen LogP contribution in [0.2, 0.25) is 0 Å². The number of aromatic nitrogens is 2. The number of nitrogens with zero attached hydrogens (tertiary/aromatic N) is 4. The third-order valence-corrected chi connectivity index (χ3v) is 3.29. The van der Waals surface area contributed by atoms with Gasteiger partial charge in [0.05, 0.1) is 5.69 Å². The Morgan fingerprint density at radius 1 is 1.18 bits per heavy atom. The highest BCUT2D eigenvalue weighted by Crippen LogP contribution is 2.19. The Balaban J connectivity index is 2.08. The van der Waals surface area contributed by atoms with Crippen LogP contribution in [0, 0.1) is 12.7 Å². The normalized spacial score (nSPS) is 17.8. The first kappa shape index (κ1) is 12.2. The van der Waals surface area contributed by atoms with E-state index in [1.165, 1.54) is 6.33 Å². The van der Waals surface area contributed by atoms with Crippen molar-refractivity contribution in [2.24, 2.45) is 0 Å². The highest BCUT2D eigenvalue weighted by molar-refractivity contribution is 5.41. The lowest BCUT2D eigenvalue weighted by molar-refractivity contribution is 0.208. The lowest BCUT2D eigenvalue weighted by Gasteiger charge is -2.37. The van der Waals surface area contributed by atoms with Crippen molar-refractivity contribution in [1.29, 1.82) is 0 Å². The minimum absolute atomic E-state index is 0.287. The van der Waals surface area contributed by atoms with Crippen LogP contribution >= 0.6 is 0 Å². The van der Waals surface area contributed by atoms with E-state index in [-0.39, 0.29) is 5.82 Å².